The highest BCUT2D eigenvalue weighted by atomic mass is 16.5. The van der Waals surface area contributed by atoms with Crippen molar-refractivity contribution in [2.45, 2.75) is 20.0 Å². The Kier molecular flexibility index (Phi) is 4.87. The molecule has 0 amide bonds. The van der Waals surface area contributed by atoms with Crippen molar-refractivity contribution in [2.24, 2.45) is 0 Å². The van der Waals surface area contributed by atoms with Crippen molar-refractivity contribution >= 4 is 5.69 Å². The summed E-state index contributed by atoms with van der Waals surface area (Å²) in [6, 6.07) is 17.0. The van der Waals surface area contributed by atoms with Gasteiger partial charge >= 0.3 is 0 Å². The van der Waals surface area contributed by atoms with Crippen LogP contribution in [0, 0.1) is 0 Å². The molecule has 0 spiro atoms. The Hall–Kier alpha value is -2.00. The van der Waals surface area contributed by atoms with E-state index < -0.39 is 0 Å². The van der Waals surface area contributed by atoms with Crippen molar-refractivity contribution < 1.29 is 4.74 Å². The molecule has 3 heteroatoms. The van der Waals surface area contributed by atoms with Crippen LogP contribution in [0.25, 0.3) is 11.1 Å². The van der Waals surface area contributed by atoms with Crippen LogP contribution in [0.15, 0.2) is 48.5 Å². The maximum Gasteiger partial charge on any atom is 0.127 e. The normalized spacial score (nSPS) is 15.9. The van der Waals surface area contributed by atoms with Gasteiger partial charge in [-0.25, -0.2) is 0 Å². The summed E-state index contributed by atoms with van der Waals surface area (Å²) in [5.41, 5.74) is 3.74. The molecule has 0 radical (unpaired) electrons. The van der Waals surface area contributed by atoms with Gasteiger partial charge in [-0.15, -0.1) is 0 Å². The van der Waals surface area contributed by atoms with E-state index in [0.717, 1.165) is 31.9 Å². The predicted octanol–water partition coefficient (Wildman–Crippen LogP) is 3.89. The maximum atomic E-state index is 6.03. The first kappa shape index (κ1) is 15.9. The zero-order chi connectivity index (χ0) is 16.2. The van der Waals surface area contributed by atoms with E-state index in [2.05, 4.69) is 73.2 Å². The second-order valence-electron chi connectivity index (χ2n) is 6.47. The Bertz CT molecular complexity index is 646. The van der Waals surface area contributed by atoms with Gasteiger partial charge in [-0.2, -0.15) is 0 Å². The van der Waals surface area contributed by atoms with Crippen LogP contribution in [0.1, 0.15) is 13.8 Å². The first-order valence-electron chi connectivity index (χ1n) is 8.43. The number of benzene rings is 2. The molecule has 23 heavy (non-hydrogen) atoms. The minimum atomic E-state index is 0.173. The second-order valence-corrected chi connectivity index (χ2v) is 6.47. The first-order valence-corrected chi connectivity index (χ1v) is 8.43. The standard InChI is InChI=1S/C20H26N2O/c1-16(2)23-20-11-7-5-9-18(20)17-8-4-6-10-19(17)22-14-12-21(3)13-15-22/h4-11,16H,12-15H2,1-3H3. The van der Waals surface area contributed by atoms with Crippen molar-refractivity contribution in [1.29, 1.82) is 0 Å². The average Bonchev–Trinajstić information content (AvgIpc) is 2.56. The van der Waals surface area contributed by atoms with Crippen molar-refractivity contribution in [3.8, 4) is 16.9 Å². The van der Waals surface area contributed by atoms with E-state index in [9.17, 15) is 0 Å². The van der Waals surface area contributed by atoms with Crippen LogP contribution in [0.3, 0.4) is 0 Å². The molecule has 3 rings (SSSR count). The fourth-order valence-electron chi connectivity index (χ4n) is 3.07. The van der Waals surface area contributed by atoms with Gasteiger partial charge in [0.1, 0.15) is 5.75 Å². The van der Waals surface area contributed by atoms with E-state index in [1.54, 1.807) is 0 Å². The summed E-state index contributed by atoms with van der Waals surface area (Å²) in [5, 5.41) is 0. The van der Waals surface area contributed by atoms with Gasteiger partial charge in [0.15, 0.2) is 0 Å². The Morgan fingerprint density at radius 2 is 1.43 bits per heavy atom. The van der Waals surface area contributed by atoms with Crippen molar-refractivity contribution in [3.05, 3.63) is 48.5 Å². The van der Waals surface area contributed by atoms with Crippen LogP contribution in [-0.4, -0.2) is 44.2 Å². The number of nitrogens with zero attached hydrogens (tertiary/aromatic N) is 2. The van der Waals surface area contributed by atoms with Crippen LogP contribution in [0.5, 0.6) is 5.75 Å². The Morgan fingerprint density at radius 3 is 2.13 bits per heavy atom. The third-order valence-electron chi connectivity index (χ3n) is 4.29. The predicted molar refractivity (Wildman–Crippen MR) is 97.4 cm³/mol. The monoisotopic (exact) mass is 310 g/mol. The summed E-state index contributed by atoms with van der Waals surface area (Å²) < 4.78 is 6.03. The molecular weight excluding hydrogens is 284 g/mol. The number of hydrogen-bond donors (Lipinski definition) is 0. The van der Waals surface area contributed by atoms with Gasteiger partial charge in [0.2, 0.25) is 0 Å². The molecule has 0 bridgehead atoms. The molecule has 1 aliphatic heterocycles. The SMILES string of the molecule is CC(C)Oc1ccccc1-c1ccccc1N1CCN(C)CC1. The molecular formula is C20H26N2O. The molecule has 0 unspecified atom stereocenters. The zero-order valence-corrected chi connectivity index (χ0v) is 14.3. The Labute approximate surface area is 139 Å². The summed E-state index contributed by atoms with van der Waals surface area (Å²) in [6.45, 7) is 8.50. The van der Waals surface area contributed by atoms with Gasteiger partial charge in [0.05, 0.1) is 6.10 Å². The second kappa shape index (κ2) is 7.05. The highest BCUT2D eigenvalue weighted by Gasteiger charge is 2.19. The third kappa shape index (κ3) is 3.67. The Balaban J connectivity index is 1.98. The number of ether oxygens (including phenoxy) is 1. The summed E-state index contributed by atoms with van der Waals surface area (Å²) >= 11 is 0. The lowest BCUT2D eigenvalue weighted by molar-refractivity contribution is 0.243. The topological polar surface area (TPSA) is 15.7 Å². The molecule has 122 valence electrons. The quantitative estimate of drug-likeness (QED) is 0.852. The molecule has 0 saturated carbocycles. The minimum absolute atomic E-state index is 0.173. The maximum absolute atomic E-state index is 6.03. The number of piperazine rings is 1. The molecule has 0 aliphatic carbocycles. The average molecular weight is 310 g/mol. The summed E-state index contributed by atoms with van der Waals surface area (Å²) in [5.74, 6) is 0.962. The molecule has 1 saturated heterocycles. The first-order chi connectivity index (χ1) is 11.1. The largest absolute Gasteiger partial charge is 0.490 e. The smallest absolute Gasteiger partial charge is 0.127 e. The van der Waals surface area contributed by atoms with Gasteiger partial charge in [-0.3, -0.25) is 0 Å². The van der Waals surface area contributed by atoms with Gasteiger partial charge in [-0.1, -0.05) is 36.4 Å². The van der Waals surface area contributed by atoms with Gasteiger partial charge in [0.25, 0.3) is 0 Å². The van der Waals surface area contributed by atoms with Gasteiger partial charge in [-0.05, 0) is 33.0 Å². The third-order valence-corrected chi connectivity index (χ3v) is 4.29. The highest BCUT2D eigenvalue weighted by molar-refractivity contribution is 5.82. The lowest BCUT2D eigenvalue weighted by Gasteiger charge is -2.35. The van der Waals surface area contributed by atoms with Crippen molar-refractivity contribution in [3.63, 3.8) is 0 Å². The number of likely N-dealkylation sites (N-methyl/N-ethyl adjacent to an activating group) is 1. The lowest BCUT2D eigenvalue weighted by atomic mass is 10.0. The number of para-hydroxylation sites is 2. The molecule has 1 heterocycles. The van der Waals surface area contributed by atoms with Crippen LogP contribution >= 0.6 is 0 Å². The molecule has 3 nitrogen and oxygen atoms in total. The van der Waals surface area contributed by atoms with E-state index in [4.69, 9.17) is 4.74 Å². The molecule has 0 aromatic heterocycles. The summed E-state index contributed by atoms with van der Waals surface area (Å²) in [6.07, 6.45) is 0.173. The van der Waals surface area contributed by atoms with E-state index in [-0.39, 0.29) is 6.10 Å². The van der Waals surface area contributed by atoms with Crippen molar-refractivity contribution in [2.75, 3.05) is 38.1 Å². The molecule has 1 fully saturated rings. The highest BCUT2D eigenvalue weighted by Crippen LogP contribution is 2.37. The van der Waals surface area contributed by atoms with E-state index in [0.29, 0.717) is 0 Å². The van der Waals surface area contributed by atoms with Crippen LogP contribution in [0.4, 0.5) is 5.69 Å². The molecule has 0 atom stereocenters. The number of rotatable bonds is 4. The van der Waals surface area contributed by atoms with Crippen LogP contribution in [-0.2, 0) is 0 Å². The van der Waals surface area contributed by atoms with Gasteiger partial charge in [0, 0.05) is 43.0 Å². The summed E-state index contributed by atoms with van der Waals surface area (Å²) in [4.78, 5) is 4.87. The fraction of sp³-hybridized carbons (Fsp3) is 0.400. The molecule has 2 aromatic rings. The van der Waals surface area contributed by atoms with Crippen LogP contribution in [0.2, 0.25) is 0 Å². The van der Waals surface area contributed by atoms with Crippen LogP contribution < -0.4 is 9.64 Å². The number of anilines is 1. The molecule has 2 aromatic carbocycles. The van der Waals surface area contributed by atoms with Gasteiger partial charge < -0.3 is 14.5 Å². The van der Waals surface area contributed by atoms with E-state index in [1.165, 1.54) is 16.8 Å². The van der Waals surface area contributed by atoms with Crippen molar-refractivity contribution in [1.82, 2.24) is 4.90 Å². The molecule has 1 aliphatic rings. The Morgan fingerprint density at radius 1 is 0.826 bits per heavy atom. The number of hydrogen-bond acceptors (Lipinski definition) is 3. The minimum Gasteiger partial charge on any atom is -0.490 e. The van der Waals surface area contributed by atoms with E-state index in [1.807, 2.05) is 6.07 Å². The van der Waals surface area contributed by atoms with E-state index >= 15 is 0 Å². The molecule has 0 N–H and O–H groups in total. The fourth-order valence-corrected chi connectivity index (χ4v) is 3.07. The zero-order valence-electron chi connectivity index (χ0n) is 14.3. The summed E-state index contributed by atoms with van der Waals surface area (Å²) in [7, 11) is 2.19. The lowest BCUT2D eigenvalue weighted by Crippen LogP contribution is -2.44.